The Balaban J connectivity index is 3.01. The highest BCUT2D eigenvalue weighted by atomic mass is 16.2. The number of carbonyl (C=O) groups is 1. The maximum absolute atomic E-state index is 11.6. The predicted octanol–water partition coefficient (Wildman–Crippen LogP) is 1.67. The number of nitrogens with zero attached hydrogens (tertiary/aromatic N) is 1. The largest absolute Gasteiger partial charge is 0.515 e. The van der Waals surface area contributed by atoms with E-state index < -0.39 is 0 Å². The number of carbonyl (C=O) groups excluding carboxylic acids is 1. The van der Waals surface area contributed by atoms with E-state index in [-0.39, 0.29) is 5.91 Å². The maximum Gasteiger partial charge on any atom is 0.257 e. The molecule has 0 aromatic heterocycles. The second-order valence-electron chi connectivity index (χ2n) is 3.11. The highest BCUT2D eigenvalue weighted by molar-refractivity contribution is 6.18. The lowest BCUT2D eigenvalue weighted by atomic mass is 10.1. The van der Waals surface area contributed by atoms with Crippen LogP contribution in [0.25, 0.3) is 5.57 Å². The van der Waals surface area contributed by atoms with Crippen LogP contribution in [0.1, 0.15) is 5.56 Å². The summed E-state index contributed by atoms with van der Waals surface area (Å²) in [7, 11) is 3.30. The molecule has 0 aliphatic heterocycles. The molecule has 1 amide bonds. The Morgan fingerprint density at radius 1 is 1.29 bits per heavy atom. The minimum absolute atomic E-state index is 0.210. The van der Waals surface area contributed by atoms with Gasteiger partial charge in [0.2, 0.25) is 0 Å². The smallest absolute Gasteiger partial charge is 0.257 e. The van der Waals surface area contributed by atoms with Crippen molar-refractivity contribution in [1.82, 2.24) is 4.90 Å². The van der Waals surface area contributed by atoms with Gasteiger partial charge in [-0.25, -0.2) is 0 Å². The van der Waals surface area contributed by atoms with Crippen LogP contribution in [-0.4, -0.2) is 30.0 Å². The normalized spacial score (nSPS) is 11.1. The fraction of sp³-hybridized carbons (Fsp3) is 0.182. The van der Waals surface area contributed by atoms with Crippen molar-refractivity contribution in [3.63, 3.8) is 0 Å². The molecule has 1 N–H and O–H groups in total. The highest BCUT2D eigenvalue weighted by Gasteiger charge is 2.13. The lowest BCUT2D eigenvalue weighted by molar-refractivity contribution is -0.122. The van der Waals surface area contributed by atoms with Crippen LogP contribution in [0.2, 0.25) is 0 Å². The Morgan fingerprint density at radius 2 is 1.86 bits per heavy atom. The minimum atomic E-state index is -0.210. The molecule has 0 aliphatic carbocycles. The maximum atomic E-state index is 11.6. The van der Waals surface area contributed by atoms with E-state index in [9.17, 15) is 4.79 Å². The van der Waals surface area contributed by atoms with E-state index in [1.165, 1.54) is 4.90 Å². The highest BCUT2D eigenvalue weighted by Crippen LogP contribution is 2.14. The van der Waals surface area contributed by atoms with Crippen LogP contribution in [0, 0.1) is 0 Å². The van der Waals surface area contributed by atoms with Crippen LogP contribution in [-0.2, 0) is 4.79 Å². The molecule has 0 saturated heterocycles. The van der Waals surface area contributed by atoms with E-state index in [2.05, 4.69) is 0 Å². The molecule has 0 radical (unpaired) electrons. The van der Waals surface area contributed by atoms with Crippen molar-refractivity contribution in [2.45, 2.75) is 0 Å². The lowest BCUT2D eigenvalue weighted by Gasteiger charge is -2.12. The van der Waals surface area contributed by atoms with Crippen molar-refractivity contribution in [1.29, 1.82) is 0 Å². The Labute approximate surface area is 83.3 Å². The average molecular weight is 191 g/mol. The molecular weight excluding hydrogens is 178 g/mol. The summed E-state index contributed by atoms with van der Waals surface area (Å²) in [4.78, 5) is 13.0. The van der Waals surface area contributed by atoms with E-state index in [0.717, 1.165) is 6.26 Å². The molecule has 0 spiro atoms. The third-order valence-electron chi connectivity index (χ3n) is 1.85. The van der Waals surface area contributed by atoms with Gasteiger partial charge in [0.05, 0.1) is 11.8 Å². The Morgan fingerprint density at radius 3 is 2.29 bits per heavy atom. The number of likely N-dealkylation sites (N-methyl/N-ethyl adjacent to an activating group) is 1. The molecule has 1 aromatic carbocycles. The molecule has 0 bridgehead atoms. The Bertz CT molecular complexity index is 342. The van der Waals surface area contributed by atoms with E-state index in [0.29, 0.717) is 11.1 Å². The number of rotatable bonds is 2. The summed E-state index contributed by atoms with van der Waals surface area (Å²) in [5.74, 6) is -0.210. The van der Waals surface area contributed by atoms with Gasteiger partial charge in [0, 0.05) is 14.1 Å². The van der Waals surface area contributed by atoms with E-state index in [4.69, 9.17) is 5.11 Å². The molecule has 0 aliphatic rings. The standard InChI is InChI=1S/C11H13NO2/c1-12(2)11(14)10(8-13)9-6-4-3-5-7-9/h3-8,13H,1-2H3. The molecule has 0 saturated carbocycles. The van der Waals surface area contributed by atoms with Crippen LogP contribution in [0.5, 0.6) is 0 Å². The molecular formula is C11H13NO2. The zero-order valence-electron chi connectivity index (χ0n) is 8.27. The minimum Gasteiger partial charge on any atom is -0.515 e. The van der Waals surface area contributed by atoms with Gasteiger partial charge in [-0.3, -0.25) is 4.79 Å². The molecule has 0 fully saturated rings. The number of hydrogen-bond acceptors (Lipinski definition) is 2. The third kappa shape index (κ3) is 2.13. The molecule has 0 unspecified atom stereocenters. The summed E-state index contributed by atoms with van der Waals surface area (Å²) in [6.07, 6.45) is 0.845. The first-order valence-corrected chi connectivity index (χ1v) is 4.28. The first-order valence-electron chi connectivity index (χ1n) is 4.28. The number of amides is 1. The third-order valence-corrected chi connectivity index (χ3v) is 1.85. The fourth-order valence-corrected chi connectivity index (χ4v) is 1.11. The molecule has 0 atom stereocenters. The van der Waals surface area contributed by atoms with Crippen molar-refractivity contribution in [3.8, 4) is 0 Å². The molecule has 14 heavy (non-hydrogen) atoms. The van der Waals surface area contributed by atoms with Gasteiger partial charge in [0.15, 0.2) is 0 Å². The van der Waals surface area contributed by atoms with E-state index in [1.54, 1.807) is 26.2 Å². The summed E-state index contributed by atoms with van der Waals surface area (Å²) in [6, 6.07) is 9.06. The van der Waals surface area contributed by atoms with E-state index >= 15 is 0 Å². The van der Waals surface area contributed by atoms with Gasteiger partial charge >= 0.3 is 0 Å². The predicted molar refractivity (Wildman–Crippen MR) is 55.7 cm³/mol. The van der Waals surface area contributed by atoms with Gasteiger partial charge in [0.1, 0.15) is 0 Å². The number of benzene rings is 1. The summed E-state index contributed by atoms with van der Waals surface area (Å²) < 4.78 is 0. The Kier molecular flexibility index (Phi) is 3.29. The van der Waals surface area contributed by atoms with Gasteiger partial charge in [0.25, 0.3) is 5.91 Å². The average Bonchev–Trinajstić information content (AvgIpc) is 2.20. The second kappa shape index (κ2) is 4.46. The molecule has 74 valence electrons. The monoisotopic (exact) mass is 191 g/mol. The van der Waals surface area contributed by atoms with Gasteiger partial charge in [-0.2, -0.15) is 0 Å². The summed E-state index contributed by atoms with van der Waals surface area (Å²) in [5, 5.41) is 8.99. The van der Waals surface area contributed by atoms with Gasteiger partial charge < -0.3 is 10.0 Å². The lowest BCUT2D eigenvalue weighted by Crippen LogP contribution is -2.22. The number of hydrogen-bond donors (Lipinski definition) is 1. The van der Waals surface area contributed by atoms with E-state index in [1.807, 2.05) is 18.2 Å². The second-order valence-corrected chi connectivity index (χ2v) is 3.11. The van der Waals surface area contributed by atoms with Crippen molar-refractivity contribution in [2.75, 3.05) is 14.1 Å². The number of aliphatic hydroxyl groups is 1. The topological polar surface area (TPSA) is 40.5 Å². The summed E-state index contributed by atoms with van der Waals surface area (Å²) in [5.41, 5.74) is 1.02. The SMILES string of the molecule is CN(C)C(=O)C(=CO)c1ccccc1. The summed E-state index contributed by atoms with van der Waals surface area (Å²) in [6.45, 7) is 0. The van der Waals surface area contributed by atoms with Gasteiger partial charge in [-0.05, 0) is 5.56 Å². The zero-order chi connectivity index (χ0) is 10.6. The van der Waals surface area contributed by atoms with Crippen LogP contribution in [0.3, 0.4) is 0 Å². The van der Waals surface area contributed by atoms with Crippen LogP contribution >= 0.6 is 0 Å². The van der Waals surface area contributed by atoms with Crippen LogP contribution < -0.4 is 0 Å². The number of aliphatic hydroxyl groups excluding tert-OH is 1. The van der Waals surface area contributed by atoms with Crippen LogP contribution in [0.4, 0.5) is 0 Å². The van der Waals surface area contributed by atoms with Gasteiger partial charge in [-0.1, -0.05) is 30.3 Å². The molecule has 0 heterocycles. The molecule has 3 nitrogen and oxygen atoms in total. The quantitative estimate of drug-likeness (QED) is 0.570. The van der Waals surface area contributed by atoms with Gasteiger partial charge in [-0.15, -0.1) is 0 Å². The first kappa shape index (κ1) is 10.3. The van der Waals surface area contributed by atoms with Crippen molar-refractivity contribution >= 4 is 11.5 Å². The first-order chi connectivity index (χ1) is 6.66. The van der Waals surface area contributed by atoms with Crippen LogP contribution in [0.15, 0.2) is 36.6 Å². The zero-order valence-corrected chi connectivity index (χ0v) is 8.27. The fourth-order valence-electron chi connectivity index (χ4n) is 1.11. The Hall–Kier alpha value is -1.77. The van der Waals surface area contributed by atoms with Crippen molar-refractivity contribution in [2.24, 2.45) is 0 Å². The van der Waals surface area contributed by atoms with Crippen molar-refractivity contribution in [3.05, 3.63) is 42.2 Å². The van der Waals surface area contributed by atoms with Crippen molar-refractivity contribution < 1.29 is 9.90 Å². The molecule has 1 rings (SSSR count). The summed E-state index contributed by atoms with van der Waals surface area (Å²) >= 11 is 0. The molecule has 1 aromatic rings. The molecule has 3 heteroatoms.